The number of rotatable bonds is 2. The van der Waals surface area contributed by atoms with Crippen LogP contribution < -0.4 is 16.5 Å². The van der Waals surface area contributed by atoms with Gasteiger partial charge in [0, 0.05) is 17.1 Å². The summed E-state index contributed by atoms with van der Waals surface area (Å²) in [6.45, 7) is 0.139. The Morgan fingerprint density at radius 3 is 2.84 bits per heavy atom. The summed E-state index contributed by atoms with van der Waals surface area (Å²) >= 11 is 6.00. The lowest BCUT2D eigenvalue weighted by atomic mass is 10.2. The molecule has 8 heteroatoms. The second-order valence-corrected chi connectivity index (χ2v) is 4.20. The van der Waals surface area contributed by atoms with Crippen LogP contribution >= 0.6 is 11.6 Å². The highest BCUT2D eigenvalue weighted by atomic mass is 35.5. The van der Waals surface area contributed by atoms with E-state index in [1.54, 1.807) is 18.2 Å². The minimum Gasteiger partial charge on any atom is -0.396 e. The molecule has 0 bridgehead atoms. The molecular weight excluding hydrogens is 268 g/mol. The zero-order valence-corrected chi connectivity index (χ0v) is 10.7. The molecule has 0 aliphatic heterocycles. The first kappa shape index (κ1) is 13.3. The van der Waals surface area contributed by atoms with E-state index in [9.17, 15) is 5.21 Å². The maximum atomic E-state index is 10.1. The zero-order chi connectivity index (χ0) is 14.0. The predicted octanol–water partition coefficient (Wildman–Crippen LogP) is 1.26. The Morgan fingerprint density at radius 1 is 1.53 bits per heavy atom. The number of hydrogen-bond donors (Lipinski definition) is 4. The predicted molar refractivity (Wildman–Crippen MR) is 73.4 cm³/mol. The zero-order valence-electron chi connectivity index (χ0n) is 9.92. The summed E-state index contributed by atoms with van der Waals surface area (Å²) in [5, 5.41) is 22.9. The molecule has 1 aromatic carbocycles. The van der Waals surface area contributed by atoms with Crippen LogP contribution in [0, 0.1) is 5.41 Å². The van der Waals surface area contributed by atoms with Crippen LogP contribution in [-0.4, -0.2) is 20.9 Å². The molecule has 0 fully saturated rings. The molecule has 0 aliphatic carbocycles. The van der Waals surface area contributed by atoms with Crippen LogP contribution in [0.1, 0.15) is 5.56 Å². The third kappa shape index (κ3) is 2.53. The van der Waals surface area contributed by atoms with Gasteiger partial charge < -0.3 is 11.5 Å². The van der Waals surface area contributed by atoms with Crippen molar-refractivity contribution in [2.24, 2.45) is 5.73 Å². The van der Waals surface area contributed by atoms with Gasteiger partial charge in [0.15, 0.2) is 0 Å². The summed E-state index contributed by atoms with van der Waals surface area (Å²) in [6, 6.07) is 4.93. The number of halogens is 1. The lowest BCUT2D eigenvalue weighted by Gasteiger charge is -2.20. The molecule has 100 valence electrons. The SMILES string of the molecule is N=C(N(O)c1cccc(Cl)c1CN)n1cc(N)cn1. The maximum absolute atomic E-state index is 10.1. The third-order valence-corrected chi connectivity index (χ3v) is 2.90. The van der Waals surface area contributed by atoms with Crippen molar-refractivity contribution >= 4 is 28.9 Å². The number of nitrogens with one attached hydrogen (secondary N) is 1. The summed E-state index contributed by atoms with van der Waals surface area (Å²) < 4.78 is 1.14. The van der Waals surface area contributed by atoms with Crippen LogP contribution in [-0.2, 0) is 6.54 Å². The van der Waals surface area contributed by atoms with Crippen molar-refractivity contribution in [3.05, 3.63) is 41.2 Å². The highest BCUT2D eigenvalue weighted by Gasteiger charge is 2.17. The van der Waals surface area contributed by atoms with Gasteiger partial charge in [-0.3, -0.25) is 10.6 Å². The Bertz CT molecular complexity index is 611. The van der Waals surface area contributed by atoms with Crippen molar-refractivity contribution in [1.82, 2.24) is 9.78 Å². The fourth-order valence-electron chi connectivity index (χ4n) is 1.61. The number of hydroxylamine groups is 1. The molecule has 7 nitrogen and oxygen atoms in total. The molecule has 0 aliphatic rings. The minimum atomic E-state index is -0.284. The molecule has 2 aromatic rings. The minimum absolute atomic E-state index is 0.139. The van der Waals surface area contributed by atoms with E-state index in [-0.39, 0.29) is 12.5 Å². The number of nitrogens with zero attached hydrogens (tertiary/aromatic N) is 3. The van der Waals surface area contributed by atoms with Gasteiger partial charge in [0.1, 0.15) is 0 Å². The van der Waals surface area contributed by atoms with Gasteiger partial charge in [-0.05, 0) is 12.1 Å². The van der Waals surface area contributed by atoms with Gasteiger partial charge >= 0.3 is 0 Å². The maximum Gasteiger partial charge on any atom is 0.248 e. The standard InChI is InChI=1S/C11H13ClN6O/c12-9-2-1-3-10(8(9)4-13)18(19)11(15)17-6-7(14)5-16-17/h1-3,5-6,15,19H,4,13-14H2. The number of hydrogen-bond acceptors (Lipinski definition) is 5. The topological polar surface area (TPSA) is 117 Å². The van der Waals surface area contributed by atoms with Crippen LogP contribution in [0.25, 0.3) is 0 Å². The quantitative estimate of drug-likeness (QED) is 0.375. The van der Waals surface area contributed by atoms with Crippen LogP contribution in [0.2, 0.25) is 5.02 Å². The molecule has 0 radical (unpaired) electrons. The van der Waals surface area contributed by atoms with E-state index in [1.807, 2.05) is 0 Å². The fourth-order valence-corrected chi connectivity index (χ4v) is 1.86. The smallest absolute Gasteiger partial charge is 0.248 e. The van der Waals surface area contributed by atoms with Gasteiger partial charge in [0.05, 0.1) is 23.8 Å². The number of benzene rings is 1. The largest absolute Gasteiger partial charge is 0.396 e. The van der Waals surface area contributed by atoms with E-state index >= 15 is 0 Å². The van der Waals surface area contributed by atoms with E-state index in [0.717, 1.165) is 4.68 Å². The Morgan fingerprint density at radius 2 is 2.26 bits per heavy atom. The molecular formula is C11H13ClN6O. The molecule has 0 saturated heterocycles. The molecule has 1 heterocycles. The second kappa shape index (κ2) is 5.27. The van der Waals surface area contributed by atoms with Crippen molar-refractivity contribution in [2.45, 2.75) is 6.54 Å². The number of nitrogen functional groups attached to an aromatic ring is 1. The Balaban J connectivity index is 2.37. The highest BCUT2D eigenvalue weighted by molar-refractivity contribution is 6.31. The van der Waals surface area contributed by atoms with Crippen molar-refractivity contribution in [3.8, 4) is 0 Å². The Labute approximate surface area is 114 Å². The summed E-state index contributed by atoms with van der Waals surface area (Å²) in [5.41, 5.74) is 12.4. The normalized spacial score (nSPS) is 10.5. The van der Waals surface area contributed by atoms with E-state index < -0.39 is 0 Å². The molecule has 19 heavy (non-hydrogen) atoms. The van der Waals surface area contributed by atoms with E-state index in [4.69, 9.17) is 28.5 Å². The molecule has 0 atom stereocenters. The molecule has 1 aromatic heterocycles. The van der Waals surface area contributed by atoms with E-state index in [2.05, 4.69) is 5.10 Å². The number of nitrogens with two attached hydrogens (primary N) is 2. The lowest BCUT2D eigenvalue weighted by Crippen LogP contribution is -2.33. The summed E-state index contributed by atoms with van der Waals surface area (Å²) in [4.78, 5) is 0. The van der Waals surface area contributed by atoms with Gasteiger partial charge in [0.25, 0.3) is 0 Å². The first-order valence-corrected chi connectivity index (χ1v) is 5.78. The van der Waals surface area contributed by atoms with Crippen LogP contribution in [0.4, 0.5) is 11.4 Å². The molecule has 2 rings (SSSR count). The summed E-state index contributed by atoms with van der Waals surface area (Å²) in [5.74, 6) is -0.284. The van der Waals surface area contributed by atoms with Crippen LogP contribution in [0.15, 0.2) is 30.6 Å². The summed E-state index contributed by atoms with van der Waals surface area (Å²) in [7, 11) is 0. The van der Waals surface area contributed by atoms with Gasteiger partial charge in [-0.1, -0.05) is 17.7 Å². The van der Waals surface area contributed by atoms with Crippen LogP contribution in [0.5, 0.6) is 0 Å². The first-order valence-electron chi connectivity index (χ1n) is 5.40. The second-order valence-electron chi connectivity index (χ2n) is 3.80. The van der Waals surface area contributed by atoms with Crippen molar-refractivity contribution in [2.75, 3.05) is 10.8 Å². The van der Waals surface area contributed by atoms with Gasteiger partial charge in [0.2, 0.25) is 5.96 Å². The highest BCUT2D eigenvalue weighted by Crippen LogP contribution is 2.26. The molecule has 0 unspecified atom stereocenters. The molecule has 0 spiro atoms. The van der Waals surface area contributed by atoms with Crippen LogP contribution in [0.3, 0.4) is 0 Å². The number of aromatic nitrogens is 2. The van der Waals surface area contributed by atoms with Crippen molar-refractivity contribution in [3.63, 3.8) is 0 Å². The van der Waals surface area contributed by atoms with E-state index in [0.29, 0.717) is 27.0 Å². The average Bonchev–Trinajstić information content (AvgIpc) is 2.83. The summed E-state index contributed by atoms with van der Waals surface area (Å²) in [6.07, 6.45) is 2.79. The first-order chi connectivity index (χ1) is 9.04. The Hall–Kier alpha value is -2.09. The Kier molecular flexibility index (Phi) is 3.70. The average molecular weight is 281 g/mol. The van der Waals surface area contributed by atoms with Gasteiger partial charge in [-0.25, -0.2) is 4.68 Å². The number of anilines is 2. The van der Waals surface area contributed by atoms with Gasteiger partial charge in [-0.15, -0.1) is 0 Å². The van der Waals surface area contributed by atoms with E-state index in [1.165, 1.54) is 12.4 Å². The lowest BCUT2D eigenvalue weighted by molar-refractivity contribution is 0.305. The van der Waals surface area contributed by atoms with Crippen molar-refractivity contribution in [1.29, 1.82) is 5.41 Å². The van der Waals surface area contributed by atoms with Gasteiger partial charge in [-0.2, -0.15) is 10.2 Å². The molecule has 0 amide bonds. The monoisotopic (exact) mass is 280 g/mol. The third-order valence-electron chi connectivity index (χ3n) is 2.55. The van der Waals surface area contributed by atoms with Crippen molar-refractivity contribution < 1.29 is 5.21 Å². The molecule has 0 saturated carbocycles. The molecule has 6 N–H and O–H groups in total. The fraction of sp³-hybridized carbons (Fsp3) is 0.0909.